The molecule has 1 rings (SSSR count). The Morgan fingerprint density at radius 3 is 2.85 bits per heavy atom. The number of urea groups is 1. The summed E-state index contributed by atoms with van der Waals surface area (Å²) in [6.45, 7) is 3.17. The molecule has 8 heteroatoms. The van der Waals surface area contributed by atoms with E-state index >= 15 is 0 Å². The summed E-state index contributed by atoms with van der Waals surface area (Å²) in [5.74, 6) is -1.32. The Morgan fingerprint density at radius 2 is 2.20 bits per heavy atom. The summed E-state index contributed by atoms with van der Waals surface area (Å²) in [5, 5.41) is 11.3. The Morgan fingerprint density at radius 1 is 1.45 bits per heavy atom. The van der Waals surface area contributed by atoms with Crippen LogP contribution >= 0.6 is 0 Å². The lowest BCUT2D eigenvalue weighted by molar-refractivity contribution is -0.143. The van der Waals surface area contributed by atoms with E-state index < -0.39 is 12.1 Å². The van der Waals surface area contributed by atoms with Crippen molar-refractivity contribution in [1.29, 1.82) is 0 Å². The largest absolute Gasteiger partial charge is 0.481 e. The molecule has 8 nitrogen and oxygen atoms in total. The normalized spacial score (nSPS) is 18.4. The minimum atomic E-state index is -0.959. The summed E-state index contributed by atoms with van der Waals surface area (Å²) in [6, 6.07) is -0.326. The smallest absolute Gasteiger partial charge is 0.317 e. The van der Waals surface area contributed by atoms with Crippen LogP contribution in [0.1, 0.15) is 19.8 Å². The lowest BCUT2D eigenvalue weighted by Gasteiger charge is -2.32. The first-order valence-corrected chi connectivity index (χ1v) is 6.54. The van der Waals surface area contributed by atoms with E-state index in [1.165, 1.54) is 4.90 Å². The van der Waals surface area contributed by atoms with Gasteiger partial charge in [-0.2, -0.15) is 0 Å². The van der Waals surface area contributed by atoms with E-state index in [0.29, 0.717) is 19.8 Å². The number of esters is 1. The highest BCUT2D eigenvalue weighted by Gasteiger charge is 2.25. The van der Waals surface area contributed by atoms with Crippen LogP contribution in [0.3, 0.4) is 0 Å². The number of hydrogen-bond acceptors (Lipinski definition) is 5. The highest BCUT2D eigenvalue weighted by Crippen LogP contribution is 2.08. The molecule has 2 N–H and O–H groups in total. The summed E-state index contributed by atoms with van der Waals surface area (Å²) < 4.78 is 10.0. The number of carbonyl (C=O) groups excluding carboxylic acids is 2. The number of carboxylic acids is 1. The average molecular weight is 288 g/mol. The topological polar surface area (TPSA) is 105 Å². The van der Waals surface area contributed by atoms with Crippen LogP contribution in [0.4, 0.5) is 4.79 Å². The summed E-state index contributed by atoms with van der Waals surface area (Å²) in [7, 11) is 0. The van der Waals surface area contributed by atoms with Crippen molar-refractivity contribution >= 4 is 18.0 Å². The van der Waals surface area contributed by atoms with Gasteiger partial charge in [-0.25, -0.2) is 4.79 Å². The zero-order valence-electron chi connectivity index (χ0n) is 11.5. The first kappa shape index (κ1) is 16.2. The molecule has 0 spiro atoms. The number of aliphatic carboxylic acids is 1. The van der Waals surface area contributed by atoms with Crippen molar-refractivity contribution in [3.8, 4) is 0 Å². The number of ether oxygens (including phenoxy) is 2. The summed E-state index contributed by atoms with van der Waals surface area (Å²) in [5.41, 5.74) is 0. The molecule has 114 valence electrons. The lowest BCUT2D eigenvalue weighted by Crippen LogP contribution is -2.50. The minimum absolute atomic E-state index is 0.114. The van der Waals surface area contributed by atoms with Gasteiger partial charge in [0.05, 0.1) is 32.2 Å². The number of amides is 2. The standard InChI is InChI=1S/C12H20N2O6/c1-2-19-11(17)3-4-13-12(18)14-5-6-20-9(8-14)7-10(15)16/h9H,2-8H2,1H3,(H,13,18)(H,15,16). The molecule has 20 heavy (non-hydrogen) atoms. The van der Waals surface area contributed by atoms with Gasteiger partial charge in [0.25, 0.3) is 0 Å². The Labute approximate surface area is 117 Å². The molecule has 0 radical (unpaired) electrons. The van der Waals surface area contributed by atoms with E-state index in [1.807, 2.05) is 0 Å². The van der Waals surface area contributed by atoms with Crippen LogP contribution in [0.2, 0.25) is 0 Å². The summed E-state index contributed by atoms with van der Waals surface area (Å²) >= 11 is 0. The molecule has 0 aromatic heterocycles. The van der Waals surface area contributed by atoms with Gasteiger partial charge in [-0.3, -0.25) is 9.59 Å². The summed E-state index contributed by atoms with van der Waals surface area (Å²) in [6.07, 6.45) is -0.508. The fourth-order valence-corrected chi connectivity index (χ4v) is 1.84. The quantitative estimate of drug-likeness (QED) is 0.657. The third-order valence-corrected chi connectivity index (χ3v) is 2.74. The van der Waals surface area contributed by atoms with Gasteiger partial charge in [-0.1, -0.05) is 0 Å². The molecule has 2 amide bonds. The highest BCUT2D eigenvalue weighted by molar-refractivity contribution is 5.76. The Balaban J connectivity index is 2.28. The summed E-state index contributed by atoms with van der Waals surface area (Å²) in [4.78, 5) is 35.0. The number of carbonyl (C=O) groups is 3. The Bertz CT molecular complexity index is 360. The van der Waals surface area contributed by atoms with Crippen molar-refractivity contribution in [3.05, 3.63) is 0 Å². The van der Waals surface area contributed by atoms with Crippen LogP contribution in [-0.4, -0.2) is 66.9 Å². The molecule has 0 aromatic rings. The second-order valence-corrected chi connectivity index (χ2v) is 4.32. The SMILES string of the molecule is CCOC(=O)CCNC(=O)N1CCOC(CC(=O)O)C1. The zero-order chi connectivity index (χ0) is 15.0. The fraction of sp³-hybridized carbons (Fsp3) is 0.750. The van der Waals surface area contributed by atoms with Crippen molar-refractivity contribution < 1.29 is 29.0 Å². The van der Waals surface area contributed by atoms with Crippen molar-refractivity contribution in [2.75, 3.05) is 32.8 Å². The van der Waals surface area contributed by atoms with Crippen LogP contribution in [-0.2, 0) is 19.1 Å². The molecule has 1 aliphatic rings. The van der Waals surface area contributed by atoms with Crippen molar-refractivity contribution in [3.63, 3.8) is 0 Å². The first-order chi connectivity index (χ1) is 9.52. The zero-order valence-corrected chi connectivity index (χ0v) is 11.5. The van der Waals surface area contributed by atoms with Crippen LogP contribution in [0, 0.1) is 0 Å². The van der Waals surface area contributed by atoms with Crippen molar-refractivity contribution in [2.45, 2.75) is 25.9 Å². The maximum Gasteiger partial charge on any atom is 0.317 e. The van der Waals surface area contributed by atoms with Crippen LogP contribution < -0.4 is 5.32 Å². The molecular weight excluding hydrogens is 268 g/mol. The van der Waals surface area contributed by atoms with Crippen molar-refractivity contribution in [2.24, 2.45) is 0 Å². The fourth-order valence-electron chi connectivity index (χ4n) is 1.84. The Kier molecular flexibility index (Phi) is 6.78. The van der Waals surface area contributed by atoms with E-state index in [9.17, 15) is 14.4 Å². The van der Waals surface area contributed by atoms with Crippen LogP contribution in [0.15, 0.2) is 0 Å². The number of morpholine rings is 1. The number of nitrogens with zero attached hydrogens (tertiary/aromatic N) is 1. The highest BCUT2D eigenvalue weighted by atomic mass is 16.5. The predicted octanol–water partition coefficient (Wildman–Crippen LogP) is -0.175. The van der Waals surface area contributed by atoms with Crippen molar-refractivity contribution in [1.82, 2.24) is 10.2 Å². The van der Waals surface area contributed by atoms with Gasteiger partial charge >= 0.3 is 18.0 Å². The third kappa shape index (κ3) is 5.87. The van der Waals surface area contributed by atoms with Gasteiger partial charge in [0.2, 0.25) is 0 Å². The third-order valence-electron chi connectivity index (χ3n) is 2.74. The molecule has 0 bridgehead atoms. The molecule has 1 heterocycles. The molecule has 0 saturated carbocycles. The van der Waals surface area contributed by atoms with E-state index in [1.54, 1.807) is 6.92 Å². The van der Waals surface area contributed by atoms with Gasteiger partial charge in [-0.05, 0) is 6.92 Å². The Hall–Kier alpha value is -1.83. The molecule has 0 aromatic carbocycles. The van der Waals surface area contributed by atoms with Gasteiger partial charge in [-0.15, -0.1) is 0 Å². The number of nitrogens with one attached hydrogen (secondary N) is 1. The molecule has 1 unspecified atom stereocenters. The molecule has 1 atom stereocenters. The monoisotopic (exact) mass is 288 g/mol. The molecule has 1 fully saturated rings. The van der Waals surface area contributed by atoms with E-state index in [4.69, 9.17) is 14.6 Å². The van der Waals surface area contributed by atoms with E-state index in [0.717, 1.165) is 0 Å². The molecule has 1 aliphatic heterocycles. The second kappa shape index (κ2) is 8.36. The maximum absolute atomic E-state index is 11.8. The number of hydrogen-bond donors (Lipinski definition) is 2. The van der Waals surface area contributed by atoms with Gasteiger partial charge < -0.3 is 24.8 Å². The van der Waals surface area contributed by atoms with Crippen LogP contribution in [0.25, 0.3) is 0 Å². The number of carboxylic acid groups (broad SMARTS) is 1. The molecule has 1 saturated heterocycles. The van der Waals surface area contributed by atoms with Gasteiger partial charge in [0.1, 0.15) is 0 Å². The maximum atomic E-state index is 11.8. The molecule has 0 aliphatic carbocycles. The van der Waals surface area contributed by atoms with E-state index in [2.05, 4.69) is 5.32 Å². The van der Waals surface area contributed by atoms with E-state index in [-0.39, 0.29) is 37.9 Å². The minimum Gasteiger partial charge on any atom is -0.481 e. The predicted molar refractivity (Wildman–Crippen MR) is 68.2 cm³/mol. The lowest BCUT2D eigenvalue weighted by atomic mass is 10.2. The molecular formula is C12H20N2O6. The first-order valence-electron chi connectivity index (χ1n) is 6.54. The average Bonchev–Trinajstić information content (AvgIpc) is 2.38. The van der Waals surface area contributed by atoms with Gasteiger partial charge in [0, 0.05) is 19.6 Å². The second-order valence-electron chi connectivity index (χ2n) is 4.32. The van der Waals surface area contributed by atoms with Gasteiger partial charge in [0.15, 0.2) is 0 Å². The number of rotatable bonds is 6. The van der Waals surface area contributed by atoms with Crippen LogP contribution in [0.5, 0.6) is 0 Å².